The Morgan fingerprint density at radius 3 is 2.23 bits per heavy atom. The molecule has 0 aliphatic heterocycles. The SMILES string of the molecule is COc1ccc(-c2cccc(-c3ccccc3)c2N)c(O)c1. The number of methoxy groups -OCH3 is 1. The molecule has 3 aromatic carbocycles. The van der Waals surface area contributed by atoms with Crippen molar-refractivity contribution < 1.29 is 9.84 Å². The lowest BCUT2D eigenvalue weighted by molar-refractivity contribution is 0.408. The van der Waals surface area contributed by atoms with E-state index in [1.54, 1.807) is 13.2 Å². The first-order chi connectivity index (χ1) is 10.7. The van der Waals surface area contributed by atoms with Crippen molar-refractivity contribution in [3.63, 3.8) is 0 Å². The Morgan fingerprint density at radius 2 is 1.55 bits per heavy atom. The van der Waals surface area contributed by atoms with E-state index in [2.05, 4.69) is 0 Å². The summed E-state index contributed by atoms with van der Waals surface area (Å²) in [5, 5.41) is 10.2. The molecule has 3 heteroatoms. The minimum atomic E-state index is 0.149. The van der Waals surface area contributed by atoms with Crippen molar-refractivity contribution in [3.8, 4) is 33.8 Å². The number of phenolic OH excluding ortho intramolecular Hbond substituents is 1. The van der Waals surface area contributed by atoms with Crippen molar-refractivity contribution in [3.05, 3.63) is 66.7 Å². The van der Waals surface area contributed by atoms with Crippen LogP contribution in [-0.4, -0.2) is 12.2 Å². The Balaban J connectivity index is 2.13. The molecular weight excluding hydrogens is 274 g/mol. The van der Waals surface area contributed by atoms with Crippen molar-refractivity contribution in [2.24, 2.45) is 0 Å². The maximum atomic E-state index is 10.2. The number of hydrogen-bond acceptors (Lipinski definition) is 3. The van der Waals surface area contributed by atoms with Gasteiger partial charge in [0.2, 0.25) is 0 Å². The average Bonchev–Trinajstić information content (AvgIpc) is 2.56. The molecule has 0 fully saturated rings. The van der Waals surface area contributed by atoms with Crippen LogP contribution in [-0.2, 0) is 0 Å². The van der Waals surface area contributed by atoms with Crippen LogP contribution in [0.2, 0.25) is 0 Å². The quantitative estimate of drug-likeness (QED) is 0.707. The Kier molecular flexibility index (Phi) is 3.71. The van der Waals surface area contributed by atoms with E-state index in [0.29, 0.717) is 17.0 Å². The smallest absolute Gasteiger partial charge is 0.127 e. The van der Waals surface area contributed by atoms with Crippen LogP contribution in [0.15, 0.2) is 66.7 Å². The first-order valence-electron chi connectivity index (χ1n) is 7.02. The van der Waals surface area contributed by atoms with E-state index in [1.807, 2.05) is 60.7 Å². The van der Waals surface area contributed by atoms with Crippen molar-refractivity contribution in [1.82, 2.24) is 0 Å². The van der Waals surface area contributed by atoms with Crippen LogP contribution in [0.1, 0.15) is 0 Å². The highest BCUT2D eigenvalue weighted by molar-refractivity contribution is 5.90. The zero-order chi connectivity index (χ0) is 15.5. The third-order valence-corrected chi connectivity index (χ3v) is 3.69. The Morgan fingerprint density at radius 1 is 0.818 bits per heavy atom. The normalized spacial score (nSPS) is 10.4. The Bertz CT molecular complexity index is 798. The molecule has 0 amide bonds. The fourth-order valence-electron chi connectivity index (χ4n) is 2.54. The zero-order valence-electron chi connectivity index (χ0n) is 12.3. The van der Waals surface area contributed by atoms with Gasteiger partial charge in [0.1, 0.15) is 11.5 Å². The second-order valence-corrected chi connectivity index (χ2v) is 5.02. The fraction of sp³-hybridized carbons (Fsp3) is 0.0526. The van der Waals surface area contributed by atoms with E-state index in [9.17, 15) is 5.11 Å². The van der Waals surface area contributed by atoms with Crippen molar-refractivity contribution in [2.45, 2.75) is 0 Å². The molecule has 0 spiro atoms. The number of para-hydroxylation sites is 1. The van der Waals surface area contributed by atoms with Crippen LogP contribution < -0.4 is 10.5 Å². The molecule has 0 saturated heterocycles. The van der Waals surface area contributed by atoms with Crippen LogP contribution >= 0.6 is 0 Å². The largest absolute Gasteiger partial charge is 0.507 e. The molecular formula is C19H17NO2. The van der Waals surface area contributed by atoms with E-state index >= 15 is 0 Å². The van der Waals surface area contributed by atoms with E-state index < -0.39 is 0 Å². The van der Waals surface area contributed by atoms with Crippen molar-refractivity contribution in [1.29, 1.82) is 0 Å². The molecule has 0 atom stereocenters. The molecule has 0 saturated carbocycles. The number of ether oxygens (including phenoxy) is 1. The molecule has 3 N–H and O–H groups in total. The van der Waals surface area contributed by atoms with Gasteiger partial charge in [-0.3, -0.25) is 0 Å². The molecule has 0 aliphatic rings. The molecule has 3 nitrogen and oxygen atoms in total. The first-order valence-corrected chi connectivity index (χ1v) is 7.02. The number of hydrogen-bond donors (Lipinski definition) is 2. The maximum Gasteiger partial charge on any atom is 0.127 e. The van der Waals surface area contributed by atoms with Gasteiger partial charge in [-0.15, -0.1) is 0 Å². The van der Waals surface area contributed by atoms with Gasteiger partial charge in [-0.2, -0.15) is 0 Å². The predicted molar refractivity (Wildman–Crippen MR) is 89.9 cm³/mol. The van der Waals surface area contributed by atoms with Crippen LogP contribution in [0, 0.1) is 0 Å². The number of nitrogen functional groups attached to an aromatic ring is 1. The lowest BCUT2D eigenvalue weighted by Crippen LogP contribution is -1.94. The number of nitrogens with two attached hydrogens (primary N) is 1. The summed E-state index contributed by atoms with van der Waals surface area (Å²) in [4.78, 5) is 0. The standard InChI is InChI=1S/C19H17NO2/c1-22-14-10-11-16(18(21)12-14)17-9-5-8-15(19(17)20)13-6-3-2-4-7-13/h2-12,21H,20H2,1H3. The molecule has 110 valence electrons. The Hall–Kier alpha value is -2.94. The second kappa shape index (κ2) is 5.82. The van der Waals surface area contributed by atoms with Crippen LogP contribution in [0.4, 0.5) is 5.69 Å². The summed E-state index contributed by atoms with van der Waals surface area (Å²) < 4.78 is 5.12. The molecule has 0 aromatic heterocycles. The number of aromatic hydroxyl groups is 1. The van der Waals surface area contributed by atoms with Crippen molar-refractivity contribution in [2.75, 3.05) is 12.8 Å². The van der Waals surface area contributed by atoms with E-state index in [0.717, 1.165) is 16.7 Å². The molecule has 3 rings (SSSR count). The van der Waals surface area contributed by atoms with Gasteiger partial charge >= 0.3 is 0 Å². The topological polar surface area (TPSA) is 55.5 Å². The molecule has 0 bridgehead atoms. The molecule has 0 aliphatic carbocycles. The molecule has 0 unspecified atom stereocenters. The lowest BCUT2D eigenvalue weighted by Gasteiger charge is -2.13. The second-order valence-electron chi connectivity index (χ2n) is 5.02. The molecule has 0 radical (unpaired) electrons. The summed E-state index contributed by atoms with van der Waals surface area (Å²) in [5.74, 6) is 0.760. The summed E-state index contributed by atoms with van der Waals surface area (Å²) in [7, 11) is 1.57. The third-order valence-electron chi connectivity index (χ3n) is 3.69. The highest BCUT2D eigenvalue weighted by atomic mass is 16.5. The van der Waals surface area contributed by atoms with Gasteiger partial charge in [-0.1, -0.05) is 48.5 Å². The summed E-state index contributed by atoms with van der Waals surface area (Å²) >= 11 is 0. The van der Waals surface area contributed by atoms with Gasteiger partial charge in [0.15, 0.2) is 0 Å². The lowest BCUT2D eigenvalue weighted by atomic mass is 9.96. The summed E-state index contributed by atoms with van der Waals surface area (Å²) in [6.45, 7) is 0. The van der Waals surface area contributed by atoms with Gasteiger partial charge in [-0.05, 0) is 17.7 Å². The number of phenols is 1. The average molecular weight is 291 g/mol. The fourth-order valence-corrected chi connectivity index (χ4v) is 2.54. The van der Waals surface area contributed by atoms with Gasteiger partial charge in [0.25, 0.3) is 0 Å². The zero-order valence-corrected chi connectivity index (χ0v) is 12.3. The number of anilines is 1. The van der Waals surface area contributed by atoms with E-state index in [1.165, 1.54) is 0 Å². The van der Waals surface area contributed by atoms with E-state index in [-0.39, 0.29) is 5.75 Å². The monoisotopic (exact) mass is 291 g/mol. The van der Waals surface area contributed by atoms with Crippen molar-refractivity contribution >= 4 is 5.69 Å². The van der Waals surface area contributed by atoms with Gasteiger partial charge < -0.3 is 15.6 Å². The van der Waals surface area contributed by atoms with Gasteiger partial charge in [-0.25, -0.2) is 0 Å². The van der Waals surface area contributed by atoms with E-state index in [4.69, 9.17) is 10.5 Å². The summed E-state index contributed by atoms with van der Waals surface area (Å²) in [6, 6.07) is 21.0. The molecule has 22 heavy (non-hydrogen) atoms. The van der Waals surface area contributed by atoms with Crippen LogP contribution in [0.5, 0.6) is 11.5 Å². The molecule has 3 aromatic rings. The highest BCUT2D eigenvalue weighted by Crippen LogP contribution is 2.39. The summed E-state index contributed by atoms with van der Waals surface area (Å²) in [5.41, 5.74) is 10.5. The highest BCUT2D eigenvalue weighted by Gasteiger charge is 2.12. The number of rotatable bonds is 3. The number of benzene rings is 3. The minimum absolute atomic E-state index is 0.149. The first kappa shape index (κ1) is 14.0. The Labute approximate surface area is 129 Å². The molecule has 0 heterocycles. The minimum Gasteiger partial charge on any atom is -0.507 e. The van der Waals surface area contributed by atoms with Crippen LogP contribution in [0.25, 0.3) is 22.3 Å². The third kappa shape index (κ3) is 2.49. The summed E-state index contributed by atoms with van der Waals surface area (Å²) in [6.07, 6.45) is 0. The van der Waals surface area contributed by atoms with Crippen LogP contribution in [0.3, 0.4) is 0 Å². The maximum absolute atomic E-state index is 10.2. The predicted octanol–water partition coefficient (Wildman–Crippen LogP) is 4.32. The van der Waals surface area contributed by atoms with Gasteiger partial charge in [0.05, 0.1) is 7.11 Å². The van der Waals surface area contributed by atoms with Gasteiger partial charge in [0, 0.05) is 28.4 Å².